The first-order chi connectivity index (χ1) is 12.8. The Morgan fingerprint density at radius 3 is 2.48 bits per heavy atom. The molecule has 27 heavy (non-hydrogen) atoms. The van der Waals surface area contributed by atoms with Crippen LogP contribution in [0, 0.1) is 5.41 Å². The SMILES string of the molecule is CC(C)(C)C(=O)OCOC(=O)c1ccccc1NC(=O)C=Cc1cccs1. The second-order valence-electron chi connectivity index (χ2n) is 6.62. The molecule has 1 aromatic heterocycles. The van der Waals surface area contributed by atoms with Gasteiger partial charge in [0.2, 0.25) is 12.7 Å². The molecule has 2 aromatic rings. The fourth-order valence-corrected chi connectivity index (χ4v) is 2.54. The number of ether oxygens (including phenoxy) is 2. The summed E-state index contributed by atoms with van der Waals surface area (Å²) in [6.45, 7) is 4.61. The van der Waals surface area contributed by atoms with E-state index in [2.05, 4.69) is 5.32 Å². The molecule has 1 amide bonds. The number of benzene rings is 1. The molecule has 0 bridgehead atoms. The summed E-state index contributed by atoms with van der Waals surface area (Å²) in [4.78, 5) is 37.0. The van der Waals surface area contributed by atoms with E-state index < -0.39 is 24.1 Å². The van der Waals surface area contributed by atoms with Gasteiger partial charge in [0.05, 0.1) is 16.7 Å². The molecule has 0 atom stereocenters. The van der Waals surface area contributed by atoms with Crippen molar-refractivity contribution in [3.8, 4) is 0 Å². The van der Waals surface area contributed by atoms with Crippen LogP contribution in [0.25, 0.3) is 6.08 Å². The van der Waals surface area contributed by atoms with E-state index in [1.54, 1.807) is 45.0 Å². The molecule has 0 radical (unpaired) electrons. The van der Waals surface area contributed by atoms with E-state index in [9.17, 15) is 14.4 Å². The molecule has 2 rings (SSSR count). The molecule has 1 N–H and O–H groups in total. The fourth-order valence-electron chi connectivity index (χ4n) is 1.92. The molecule has 7 heteroatoms. The summed E-state index contributed by atoms with van der Waals surface area (Å²) in [6.07, 6.45) is 3.08. The van der Waals surface area contributed by atoms with Crippen molar-refractivity contribution in [1.29, 1.82) is 0 Å². The Bertz CT molecular complexity index is 834. The Balaban J connectivity index is 1.97. The van der Waals surface area contributed by atoms with Crippen LogP contribution in [-0.4, -0.2) is 24.6 Å². The van der Waals surface area contributed by atoms with Gasteiger partial charge in [-0.05, 0) is 50.4 Å². The predicted molar refractivity (Wildman–Crippen MR) is 104 cm³/mol. The maximum absolute atomic E-state index is 12.2. The maximum Gasteiger partial charge on any atom is 0.343 e. The third-order valence-electron chi connectivity index (χ3n) is 3.34. The molecule has 0 aliphatic carbocycles. The van der Waals surface area contributed by atoms with Gasteiger partial charge in [0.15, 0.2) is 0 Å². The smallest absolute Gasteiger partial charge is 0.343 e. The summed E-state index contributed by atoms with van der Waals surface area (Å²) in [5.74, 6) is -1.55. The highest BCUT2D eigenvalue weighted by Crippen LogP contribution is 2.18. The summed E-state index contributed by atoms with van der Waals surface area (Å²) in [6, 6.07) is 10.2. The van der Waals surface area contributed by atoms with Crippen LogP contribution in [-0.2, 0) is 19.1 Å². The van der Waals surface area contributed by atoms with E-state index in [0.717, 1.165) is 4.88 Å². The highest BCUT2D eigenvalue weighted by Gasteiger charge is 2.23. The van der Waals surface area contributed by atoms with Crippen LogP contribution < -0.4 is 5.32 Å². The third kappa shape index (κ3) is 6.38. The second kappa shape index (κ2) is 9.14. The van der Waals surface area contributed by atoms with E-state index in [1.807, 2.05) is 17.5 Å². The number of carbonyl (C=O) groups excluding carboxylic acids is 3. The summed E-state index contributed by atoms with van der Waals surface area (Å²) in [5, 5.41) is 4.56. The van der Waals surface area contributed by atoms with Crippen molar-refractivity contribution in [3.63, 3.8) is 0 Å². The highest BCUT2D eigenvalue weighted by molar-refractivity contribution is 7.10. The fraction of sp³-hybridized carbons (Fsp3) is 0.250. The van der Waals surface area contributed by atoms with E-state index in [4.69, 9.17) is 9.47 Å². The second-order valence-corrected chi connectivity index (χ2v) is 7.59. The van der Waals surface area contributed by atoms with Gasteiger partial charge in [0.25, 0.3) is 0 Å². The summed E-state index contributed by atoms with van der Waals surface area (Å²) < 4.78 is 9.91. The van der Waals surface area contributed by atoms with E-state index in [1.165, 1.54) is 23.5 Å². The van der Waals surface area contributed by atoms with Crippen molar-refractivity contribution < 1.29 is 23.9 Å². The Kier molecular flexibility index (Phi) is 6.90. The molecule has 0 spiro atoms. The summed E-state index contributed by atoms with van der Waals surface area (Å²) in [5.41, 5.74) is -0.208. The Hall–Kier alpha value is -2.93. The van der Waals surface area contributed by atoms with Crippen molar-refractivity contribution in [2.45, 2.75) is 20.8 Å². The molecule has 6 nitrogen and oxygen atoms in total. The first-order valence-corrected chi connectivity index (χ1v) is 9.11. The zero-order valence-electron chi connectivity index (χ0n) is 15.4. The Morgan fingerprint density at radius 2 is 1.81 bits per heavy atom. The molecule has 1 aromatic carbocycles. The first kappa shape index (κ1) is 20.4. The van der Waals surface area contributed by atoms with Gasteiger partial charge in [-0.2, -0.15) is 0 Å². The highest BCUT2D eigenvalue weighted by atomic mass is 32.1. The van der Waals surface area contributed by atoms with Crippen molar-refractivity contribution in [3.05, 3.63) is 58.3 Å². The van der Waals surface area contributed by atoms with E-state index >= 15 is 0 Å². The van der Waals surface area contributed by atoms with Gasteiger partial charge in [-0.25, -0.2) is 4.79 Å². The average molecular weight is 387 g/mol. The van der Waals surface area contributed by atoms with Crippen molar-refractivity contribution >= 4 is 40.9 Å². The molecular formula is C20H21NO5S. The Morgan fingerprint density at radius 1 is 1.07 bits per heavy atom. The molecule has 0 aliphatic heterocycles. The van der Waals surface area contributed by atoms with Crippen LogP contribution in [0.1, 0.15) is 36.0 Å². The maximum atomic E-state index is 12.2. The molecule has 0 unspecified atom stereocenters. The van der Waals surface area contributed by atoms with E-state index in [0.29, 0.717) is 5.69 Å². The minimum atomic E-state index is -0.699. The number of esters is 2. The Labute approximate surface area is 161 Å². The molecule has 0 saturated carbocycles. The van der Waals surface area contributed by atoms with Crippen LogP contribution >= 0.6 is 11.3 Å². The molecule has 0 saturated heterocycles. The third-order valence-corrected chi connectivity index (χ3v) is 4.18. The topological polar surface area (TPSA) is 81.7 Å². The number of para-hydroxylation sites is 1. The van der Waals surface area contributed by atoms with Crippen LogP contribution in [0.5, 0.6) is 0 Å². The number of anilines is 1. The van der Waals surface area contributed by atoms with Crippen LogP contribution in [0.4, 0.5) is 5.69 Å². The lowest BCUT2D eigenvalue weighted by Crippen LogP contribution is -2.25. The van der Waals surface area contributed by atoms with Gasteiger partial charge in [-0.3, -0.25) is 9.59 Å². The minimum absolute atomic E-state index is 0.169. The van der Waals surface area contributed by atoms with Crippen molar-refractivity contribution in [2.24, 2.45) is 5.41 Å². The monoisotopic (exact) mass is 387 g/mol. The number of hydrogen-bond donors (Lipinski definition) is 1. The van der Waals surface area contributed by atoms with Gasteiger partial charge >= 0.3 is 11.9 Å². The number of hydrogen-bond acceptors (Lipinski definition) is 6. The quantitative estimate of drug-likeness (QED) is 0.458. The lowest BCUT2D eigenvalue weighted by atomic mass is 9.98. The number of nitrogens with one attached hydrogen (secondary N) is 1. The minimum Gasteiger partial charge on any atom is -0.427 e. The largest absolute Gasteiger partial charge is 0.427 e. The van der Waals surface area contributed by atoms with Gasteiger partial charge < -0.3 is 14.8 Å². The normalized spacial score (nSPS) is 11.2. The summed E-state index contributed by atoms with van der Waals surface area (Å²) in [7, 11) is 0. The zero-order chi connectivity index (χ0) is 19.9. The van der Waals surface area contributed by atoms with Gasteiger partial charge in [-0.1, -0.05) is 18.2 Å². The lowest BCUT2D eigenvalue weighted by Gasteiger charge is -2.16. The molecule has 0 aliphatic rings. The molecular weight excluding hydrogens is 366 g/mol. The van der Waals surface area contributed by atoms with Gasteiger partial charge in [-0.15, -0.1) is 11.3 Å². The first-order valence-electron chi connectivity index (χ1n) is 8.23. The van der Waals surface area contributed by atoms with Crippen LogP contribution in [0.3, 0.4) is 0 Å². The van der Waals surface area contributed by atoms with Crippen LogP contribution in [0.15, 0.2) is 47.9 Å². The number of thiophene rings is 1. The summed E-state index contributed by atoms with van der Waals surface area (Å²) >= 11 is 1.51. The zero-order valence-corrected chi connectivity index (χ0v) is 16.2. The molecule has 142 valence electrons. The van der Waals surface area contributed by atoms with Crippen LogP contribution in [0.2, 0.25) is 0 Å². The molecule has 1 heterocycles. The van der Waals surface area contributed by atoms with Crippen molar-refractivity contribution in [1.82, 2.24) is 0 Å². The predicted octanol–water partition coefficient (Wildman–Crippen LogP) is 4.10. The lowest BCUT2D eigenvalue weighted by molar-refractivity contribution is -0.161. The van der Waals surface area contributed by atoms with Gasteiger partial charge in [0.1, 0.15) is 0 Å². The number of amides is 1. The molecule has 0 fully saturated rings. The number of carbonyl (C=O) groups is 3. The standard InChI is InChI=1S/C20H21NO5S/c1-20(2,3)19(24)26-13-25-18(23)15-8-4-5-9-16(15)21-17(22)11-10-14-7-6-12-27-14/h4-12H,13H2,1-3H3,(H,21,22). The average Bonchev–Trinajstić information content (AvgIpc) is 3.13. The number of rotatable bonds is 6. The van der Waals surface area contributed by atoms with E-state index in [-0.39, 0.29) is 11.5 Å². The van der Waals surface area contributed by atoms with Gasteiger partial charge in [0, 0.05) is 11.0 Å². The van der Waals surface area contributed by atoms with Crippen molar-refractivity contribution in [2.75, 3.05) is 12.1 Å².